The van der Waals surface area contributed by atoms with Crippen molar-refractivity contribution in [3.63, 3.8) is 0 Å². The first-order chi connectivity index (χ1) is 17.0. The van der Waals surface area contributed by atoms with Gasteiger partial charge in [0.1, 0.15) is 23.0 Å². The largest absolute Gasteiger partial charge is 0.508 e. The van der Waals surface area contributed by atoms with Gasteiger partial charge in [0.2, 0.25) is 0 Å². The zero-order valence-corrected chi connectivity index (χ0v) is 19.5. The zero-order valence-electron chi connectivity index (χ0n) is 19.5. The van der Waals surface area contributed by atoms with Crippen LogP contribution in [-0.2, 0) is 0 Å². The van der Waals surface area contributed by atoms with Crippen molar-refractivity contribution in [1.29, 1.82) is 0 Å². The van der Waals surface area contributed by atoms with Crippen LogP contribution in [0.1, 0.15) is 46.9 Å². The van der Waals surface area contributed by atoms with Crippen LogP contribution in [0.5, 0.6) is 23.0 Å². The van der Waals surface area contributed by atoms with E-state index in [0.717, 1.165) is 40.8 Å². The van der Waals surface area contributed by atoms with Gasteiger partial charge in [0.25, 0.3) is 0 Å². The Morgan fingerprint density at radius 2 is 0.914 bits per heavy atom. The Morgan fingerprint density at radius 3 is 1.26 bits per heavy atom. The number of ether oxygens (including phenoxy) is 1. The Labute approximate surface area is 206 Å². The highest BCUT2D eigenvalue weighted by molar-refractivity contribution is 5.48. The average molecular weight is 467 g/mol. The van der Waals surface area contributed by atoms with Crippen LogP contribution in [0, 0.1) is 0 Å². The molecule has 4 rings (SSSR count). The van der Waals surface area contributed by atoms with Crippen LogP contribution < -0.4 is 4.74 Å². The molecule has 1 atom stereocenters. The summed E-state index contributed by atoms with van der Waals surface area (Å²) in [6, 6.07) is 29.9. The number of benzene rings is 4. The van der Waals surface area contributed by atoms with E-state index in [0.29, 0.717) is 6.61 Å². The molecule has 35 heavy (non-hydrogen) atoms. The van der Waals surface area contributed by atoms with Crippen LogP contribution >= 0.6 is 0 Å². The fraction of sp³-hybridized carbons (Fsp3) is 0.161. The molecular weight excluding hydrogens is 436 g/mol. The number of phenols is 3. The number of hydrogen-bond donors (Lipinski definition) is 3. The third kappa shape index (κ3) is 6.04. The highest BCUT2D eigenvalue weighted by Crippen LogP contribution is 2.44. The van der Waals surface area contributed by atoms with Crippen molar-refractivity contribution in [1.82, 2.24) is 0 Å². The van der Waals surface area contributed by atoms with E-state index in [2.05, 4.69) is 18.7 Å². The van der Waals surface area contributed by atoms with Gasteiger partial charge in [0, 0.05) is 11.8 Å². The van der Waals surface area contributed by atoms with E-state index in [1.54, 1.807) is 36.4 Å². The van der Waals surface area contributed by atoms with E-state index in [9.17, 15) is 15.3 Å². The summed E-state index contributed by atoms with van der Waals surface area (Å²) >= 11 is 0. The van der Waals surface area contributed by atoms with Gasteiger partial charge < -0.3 is 20.1 Å². The maximum atomic E-state index is 9.92. The van der Waals surface area contributed by atoms with E-state index in [1.807, 2.05) is 54.6 Å². The van der Waals surface area contributed by atoms with Gasteiger partial charge in [-0.15, -0.1) is 6.58 Å². The van der Waals surface area contributed by atoms with Gasteiger partial charge in [-0.1, -0.05) is 54.6 Å². The van der Waals surface area contributed by atoms with Crippen LogP contribution in [0.4, 0.5) is 0 Å². The summed E-state index contributed by atoms with van der Waals surface area (Å²) in [7, 11) is 0. The first-order valence-electron chi connectivity index (χ1n) is 11.8. The van der Waals surface area contributed by atoms with Gasteiger partial charge in [-0.05, 0) is 83.6 Å². The lowest BCUT2D eigenvalue weighted by Gasteiger charge is -2.30. The van der Waals surface area contributed by atoms with Crippen molar-refractivity contribution in [2.75, 3.05) is 6.61 Å². The van der Waals surface area contributed by atoms with E-state index in [4.69, 9.17) is 4.74 Å². The Bertz CT molecular complexity index is 1170. The lowest BCUT2D eigenvalue weighted by molar-refractivity contribution is 0.312. The van der Waals surface area contributed by atoms with Gasteiger partial charge in [-0.3, -0.25) is 0 Å². The molecule has 178 valence electrons. The van der Waals surface area contributed by atoms with E-state index >= 15 is 0 Å². The number of allylic oxidation sites excluding steroid dienone is 1. The summed E-state index contributed by atoms with van der Waals surface area (Å²) in [5.41, 5.74) is 4.17. The normalized spacial score (nSPS) is 11.8. The van der Waals surface area contributed by atoms with Gasteiger partial charge in [0.05, 0.1) is 6.61 Å². The molecule has 1 unspecified atom stereocenters. The maximum absolute atomic E-state index is 9.92. The van der Waals surface area contributed by atoms with E-state index < -0.39 is 0 Å². The predicted molar refractivity (Wildman–Crippen MR) is 139 cm³/mol. The topological polar surface area (TPSA) is 69.9 Å². The third-order valence-corrected chi connectivity index (χ3v) is 6.15. The second-order valence-electron chi connectivity index (χ2n) is 8.58. The molecule has 0 aromatic heterocycles. The van der Waals surface area contributed by atoms with Crippen LogP contribution in [0.15, 0.2) is 110 Å². The number of hydrogen-bond acceptors (Lipinski definition) is 4. The molecule has 0 bridgehead atoms. The molecule has 4 aromatic carbocycles. The van der Waals surface area contributed by atoms with Gasteiger partial charge in [-0.25, -0.2) is 0 Å². The van der Waals surface area contributed by atoms with Crippen molar-refractivity contribution < 1.29 is 20.1 Å². The van der Waals surface area contributed by atoms with Gasteiger partial charge in [0.15, 0.2) is 0 Å². The Hall–Kier alpha value is -4.18. The Morgan fingerprint density at radius 1 is 0.571 bits per heavy atom. The van der Waals surface area contributed by atoms with Crippen LogP contribution in [0.25, 0.3) is 0 Å². The smallest absolute Gasteiger partial charge is 0.119 e. The van der Waals surface area contributed by atoms with Gasteiger partial charge in [-0.2, -0.15) is 0 Å². The average Bonchev–Trinajstić information content (AvgIpc) is 2.88. The van der Waals surface area contributed by atoms with E-state index in [1.165, 1.54) is 0 Å². The van der Waals surface area contributed by atoms with Crippen molar-refractivity contribution in [3.8, 4) is 23.0 Å². The highest BCUT2D eigenvalue weighted by atomic mass is 16.5. The molecule has 4 aromatic rings. The molecule has 4 heteroatoms. The minimum Gasteiger partial charge on any atom is -0.508 e. The summed E-state index contributed by atoms with van der Waals surface area (Å²) < 4.78 is 5.88. The summed E-state index contributed by atoms with van der Waals surface area (Å²) in [5.74, 6) is 1.23. The second-order valence-corrected chi connectivity index (χ2v) is 8.58. The summed E-state index contributed by atoms with van der Waals surface area (Å²) in [6.45, 7) is 4.38. The Balaban J connectivity index is 1.78. The summed E-state index contributed by atoms with van der Waals surface area (Å²) in [6.07, 6.45) is 3.73. The fourth-order valence-electron chi connectivity index (χ4n) is 4.39. The molecule has 0 amide bonds. The van der Waals surface area contributed by atoms with E-state index in [-0.39, 0.29) is 29.1 Å². The minimum atomic E-state index is -0.111. The van der Waals surface area contributed by atoms with Crippen molar-refractivity contribution >= 4 is 0 Å². The van der Waals surface area contributed by atoms with Crippen molar-refractivity contribution in [3.05, 3.63) is 132 Å². The predicted octanol–water partition coefficient (Wildman–Crippen LogP) is 7.11. The summed E-state index contributed by atoms with van der Waals surface area (Å²) in [4.78, 5) is 0. The van der Waals surface area contributed by atoms with Crippen LogP contribution in [-0.4, -0.2) is 21.9 Å². The number of phenolic OH excluding ortho intramolecular Hbond substituents is 3. The second kappa shape index (κ2) is 11.3. The number of unbranched alkanes of at least 4 members (excludes halogenated alkanes) is 1. The highest BCUT2D eigenvalue weighted by Gasteiger charge is 2.28. The monoisotopic (exact) mass is 466 g/mol. The zero-order chi connectivity index (χ0) is 24.6. The summed E-state index contributed by atoms with van der Waals surface area (Å²) in [5, 5.41) is 29.7. The van der Waals surface area contributed by atoms with Crippen molar-refractivity contribution in [2.24, 2.45) is 0 Å². The number of aromatic hydroxyl groups is 3. The first-order valence-corrected chi connectivity index (χ1v) is 11.8. The molecule has 0 heterocycles. The molecule has 0 radical (unpaired) electrons. The van der Waals surface area contributed by atoms with Crippen molar-refractivity contribution in [2.45, 2.75) is 24.7 Å². The minimum absolute atomic E-state index is 0.0977. The SMILES string of the molecule is C=CCCCOc1ccc(C(c2ccc(O)cc2)C(c2ccc(O)cc2)c2ccc(O)cc2)cc1. The molecule has 4 nitrogen and oxygen atoms in total. The van der Waals surface area contributed by atoms with Crippen LogP contribution in [0.2, 0.25) is 0 Å². The molecule has 0 spiro atoms. The molecule has 3 N–H and O–H groups in total. The molecule has 0 aliphatic carbocycles. The molecule has 0 fully saturated rings. The molecular formula is C31H30O4. The first kappa shape index (κ1) is 24.0. The maximum Gasteiger partial charge on any atom is 0.119 e. The lowest BCUT2D eigenvalue weighted by atomic mass is 9.73. The lowest BCUT2D eigenvalue weighted by Crippen LogP contribution is -2.15. The molecule has 0 saturated heterocycles. The van der Waals surface area contributed by atoms with Gasteiger partial charge >= 0.3 is 0 Å². The standard InChI is InChI=1S/C31H30O4/c1-2-3-4-21-35-29-19-11-25(12-20-29)31(24-9-17-28(34)18-10-24)30(22-5-13-26(32)14-6-22)23-7-15-27(33)16-8-23/h2,5-20,30-34H,1,3-4,21H2. The molecule has 0 aliphatic heterocycles. The Kier molecular flexibility index (Phi) is 7.74. The fourth-order valence-corrected chi connectivity index (χ4v) is 4.39. The quantitative estimate of drug-likeness (QED) is 0.172. The molecule has 0 saturated carbocycles. The third-order valence-electron chi connectivity index (χ3n) is 6.15. The van der Waals surface area contributed by atoms with Crippen LogP contribution in [0.3, 0.4) is 0 Å². The number of rotatable bonds is 10. The molecule has 0 aliphatic rings.